The maximum absolute atomic E-state index is 6.02. The molecular weight excluding hydrogens is 412 g/mol. The van der Waals surface area contributed by atoms with Gasteiger partial charge in [-0.2, -0.15) is 0 Å². The molecule has 0 fully saturated rings. The molecule has 1 heterocycles. The number of nitrogens with one attached hydrogen (secondary N) is 1. The molecule has 0 bridgehead atoms. The Kier molecular flexibility index (Phi) is 6.52. The van der Waals surface area contributed by atoms with Crippen LogP contribution in [0.1, 0.15) is 23.6 Å². The molecule has 26 heavy (non-hydrogen) atoms. The van der Waals surface area contributed by atoms with E-state index in [1.807, 2.05) is 24.4 Å². The molecule has 0 spiro atoms. The SMILES string of the molecule is CCOc1cc(CNc2nccs2)c(Br)cc1OCc1ccc(C)cc1. The molecule has 136 valence electrons. The van der Waals surface area contributed by atoms with Crippen LogP contribution < -0.4 is 14.8 Å². The van der Waals surface area contributed by atoms with Gasteiger partial charge < -0.3 is 14.8 Å². The highest BCUT2D eigenvalue weighted by Gasteiger charge is 2.12. The third-order valence-electron chi connectivity index (χ3n) is 3.79. The fourth-order valence-corrected chi connectivity index (χ4v) is 3.41. The van der Waals surface area contributed by atoms with Crippen molar-refractivity contribution in [1.82, 2.24) is 4.98 Å². The fraction of sp³-hybridized carbons (Fsp3) is 0.250. The second-order valence-electron chi connectivity index (χ2n) is 5.79. The molecular formula is C20H21BrN2O2S. The summed E-state index contributed by atoms with van der Waals surface area (Å²) in [6, 6.07) is 12.3. The summed E-state index contributed by atoms with van der Waals surface area (Å²) in [6.45, 7) is 5.80. The number of ether oxygens (including phenoxy) is 2. The van der Waals surface area contributed by atoms with Gasteiger partial charge in [-0.15, -0.1) is 11.3 Å². The van der Waals surface area contributed by atoms with Crippen molar-refractivity contribution in [3.8, 4) is 11.5 Å². The van der Waals surface area contributed by atoms with E-state index < -0.39 is 0 Å². The van der Waals surface area contributed by atoms with Crippen LogP contribution in [0, 0.1) is 6.92 Å². The van der Waals surface area contributed by atoms with Gasteiger partial charge in [0.25, 0.3) is 0 Å². The van der Waals surface area contributed by atoms with Crippen molar-refractivity contribution in [2.24, 2.45) is 0 Å². The molecule has 0 radical (unpaired) electrons. The van der Waals surface area contributed by atoms with Crippen molar-refractivity contribution in [2.75, 3.05) is 11.9 Å². The van der Waals surface area contributed by atoms with E-state index >= 15 is 0 Å². The summed E-state index contributed by atoms with van der Waals surface area (Å²) >= 11 is 5.22. The van der Waals surface area contributed by atoms with Gasteiger partial charge in [-0.1, -0.05) is 45.8 Å². The van der Waals surface area contributed by atoms with Gasteiger partial charge in [-0.05, 0) is 37.1 Å². The second-order valence-corrected chi connectivity index (χ2v) is 7.54. The number of nitrogens with zero attached hydrogens (tertiary/aromatic N) is 1. The van der Waals surface area contributed by atoms with E-state index in [1.165, 1.54) is 5.56 Å². The van der Waals surface area contributed by atoms with Gasteiger partial charge in [0.05, 0.1) is 6.61 Å². The zero-order chi connectivity index (χ0) is 18.4. The van der Waals surface area contributed by atoms with Gasteiger partial charge in [-0.25, -0.2) is 4.98 Å². The Labute approximate surface area is 166 Å². The van der Waals surface area contributed by atoms with Gasteiger partial charge in [0.15, 0.2) is 16.6 Å². The van der Waals surface area contributed by atoms with E-state index in [1.54, 1.807) is 17.5 Å². The van der Waals surface area contributed by atoms with Gasteiger partial charge in [0, 0.05) is 22.6 Å². The summed E-state index contributed by atoms with van der Waals surface area (Å²) in [5.74, 6) is 1.48. The summed E-state index contributed by atoms with van der Waals surface area (Å²) in [6.07, 6.45) is 1.79. The summed E-state index contributed by atoms with van der Waals surface area (Å²) in [4.78, 5) is 4.24. The van der Waals surface area contributed by atoms with Crippen molar-refractivity contribution < 1.29 is 9.47 Å². The number of anilines is 1. The number of halogens is 1. The largest absolute Gasteiger partial charge is 0.490 e. The zero-order valence-electron chi connectivity index (χ0n) is 14.8. The third-order valence-corrected chi connectivity index (χ3v) is 5.26. The quantitative estimate of drug-likeness (QED) is 0.487. The molecule has 0 amide bonds. The molecule has 6 heteroatoms. The first-order chi connectivity index (χ1) is 12.7. The predicted octanol–water partition coefficient (Wildman–Crippen LogP) is 5.80. The molecule has 0 aliphatic rings. The molecule has 3 rings (SSSR count). The maximum atomic E-state index is 6.02. The average molecular weight is 433 g/mol. The van der Waals surface area contributed by atoms with Crippen LogP contribution in [0.2, 0.25) is 0 Å². The molecule has 0 saturated heterocycles. The fourth-order valence-electron chi connectivity index (χ4n) is 2.42. The van der Waals surface area contributed by atoms with E-state index in [2.05, 4.69) is 57.4 Å². The summed E-state index contributed by atoms with van der Waals surface area (Å²) in [5, 5.41) is 6.16. The molecule has 1 N–H and O–H groups in total. The molecule has 3 aromatic rings. The maximum Gasteiger partial charge on any atom is 0.182 e. The number of hydrogen-bond acceptors (Lipinski definition) is 5. The number of thiazole rings is 1. The third kappa shape index (κ3) is 4.99. The average Bonchev–Trinajstić information content (AvgIpc) is 3.15. The standard InChI is InChI=1S/C20H21BrN2O2S/c1-3-24-18-10-16(12-23-20-22-8-9-26-20)17(21)11-19(18)25-13-15-6-4-14(2)5-7-15/h4-11H,3,12-13H2,1-2H3,(H,22,23). The number of benzene rings is 2. The van der Waals surface area contributed by atoms with E-state index in [4.69, 9.17) is 9.47 Å². The van der Waals surface area contributed by atoms with Crippen LogP contribution in [0.4, 0.5) is 5.13 Å². The Morgan fingerprint density at radius 3 is 2.58 bits per heavy atom. The molecule has 0 saturated carbocycles. The van der Waals surface area contributed by atoms with Crippen molar-refractivity contribution in [1.29, 1.82) is 0 Å². The Bertz CT molecular complexity index is 836. The van der Waals surface area contributed by atoms with Gasteiger partial charge in [0.1, 0.15) is 6.61 Å². The highest BCUT2D eigenvalue weighted by molar-refractivity contribution is 9.10. The highest BCUT2D eigenvalue weighted by Crippen LogP contribution is 2.35. The predicted molar refractivity (Wildman–Crippen MR) is 110 cm³/mol. The van der Waals surface area contributed by atoms with Crippen LogP contribution in [-0.2, 0) is 13.2 Å². The zero-order valence-corrected chi connectivity index (χ0v) is 17.2. The molecule has 1 aromatic heterocycles. The van der Waals surface area contributed by atoms with E-state index in [0.29, 0.717) is 19.8 Å². The minimum atomic E-state index is 0.503. The number of rotatable bonds is 8. The van der Waals surface area contributed by atoms with Crippen LogP contribution in [0.5, 0.6) is 11.5 Å². The summed E-state index contributed by atoms with van der Waals surface area (Å²) in [7, 11) is 0. The number of aryl methyl sites for hydroxylation is 1. The van der Waals surface area contributed by atoms with E-state index in [0.717, 1.165) is 32.2 Å². The van der Waals surface area contributed by atoms with Crippen LogP contribution in [-0.4, -0.2) is 11.6 Å². The van der Waals surface area contributed by atoms with Crippen LogP contribution in [0.3, 0.4) is 0 Å². The van der Waals surface area contributed by atoms with Crippen molar-refractivity contribution in [2.45, 2.75) is 27.0 Å². The Balaban J connectivity index is 1.73. The van der Waals surface area contributed by atoms with Gasteiger partial charge in [0.2, 0.25) is 0 Å². The summed E-state index contributed by atoms with van der Waals surface area (Å²) in [5.41, 5.74) is 3.46. The smallest absolute Gasteiger partial charge is 0.182 e. The van der Waals surface area contributed by atoms with Crippen LogP contribution >= 0.6 is 27.3 Å². The van der Waals surface area contributed by atoms with E-state index in [-0.39, 0.29) is 0 Å². The minimum absolute atomic E-state index is 0.503. The molecule has 4 nitrogen and oxygen atoms in total. The van der Waals surface area contributed by atoms with Gasteiger partial charge >= 0.3 is 0 Å². The first-order valence-corrected chi connectivity index (χ1v) is 10.1. The second kappa shape index (κ2) is 9.05. The molecule has 0 unspecified atom stereocenters. The first kappa shape index (κ1) is 18.7. The van der Waals surface area contributed by atoms with Crippen LogP contribution in [0.25, 0.3) is 0 Å². The lowest BCUT2D eigenvalue weighted by Gasteiger charge is -2.15. The summed E-state index contributed by atoms with van der Waals surface area (Å²) < 4.78 is 12.8. The minimum Gasteiger partial charge on any atom is -0.490 e. The Hall–Kier alpha value is -2.05. The molecule has 0 aliphatic heterocycles. The normalized spacial score (nSPS) is 10.6. The van der Waals surface area contributed by atoms with E-state index in [9.17, 15) is 0 Å². The highest BCUT2D eigenvalue weighted by atomic mass is 79.9. The first-order valence-electron chi connectivity index (χ1n) is 8.42. The molecule has 0 atom stereocenters. The van der Waals surface area contributed by atoms with Gasteiger partial charge in [-0.3, -0.25) is 0 Å². The Morgan fingerprint density at radius 1 is 1.12 bits per heavy atom. The van der Waals surface area contributed by atoms with Crippen LogP contribution in [0.15, 0.2) is 52.4 Å². The monoisotopic (exact) mass is 432 g/mol. The lowest BCUT2D eigenvalue weighted by Crippen LogP contribution is -2.04. The van der Waals surface area contributed by atoms with Crippen molar-refractivity contribution in [3.05, 3.63) is 69.1 Å². The number of hydrogen-bond donors (Lipinski definition) is 1. The Morgan fingerprint density at radius 2 is 1.88 bits per heavy atom. The van der Waals surface area contributed by atoms with Crippen molar-refractivity contribution in [3.63, 3.8) is 0 Å². The molecule has 0 aliphatic carbocycles. The lowest BCUT2D eigenvalue weighted by atomic mass is 10.1. The lowest BCUT2D eigenvalue weighted by molar-refractivity contribution is 0.269. The number of aromatic nitrogens is 1. The van der Waals surface area contributed by atoms with Crippen molar-refractivity contribution >= 4 is 32.4 Å². The molecule has 2 aromatic carbocycles. The topological polar surface area (TPSA) is 43.4 Å².